The van der Waals surface area contributed by atoms with Crippen molar-refractivity contribution in [2.24, 2.45) is 0 Å². The van der Waals surface area contributed by atoms with E-state index in [1.165, 1.54) is 73.4 Å². The van der Waals surface area contributed by atoms with E-state index in [1.807, 2.05) is 22.7 Å². The zero-order chi connectivity index (χ0) is 32.3. The van der Waals surface area contributed by atoms with Crippen LogP contribution in [0, 0.1) is 0 Å². The first kappa shape index (κ1) is 28.3. The van der Waals surface area contributed by atoms with Crippen LogP contribution < -0.4 is 4.90 Å². The Bertz CT molecular complexity index is 2810. The minimum Gasteiger partial charge on any atom is -0.310 e. The van der Waals surface area contributed by atoms with Gasteiger partial charge in [0, 0.05) is 57.4 Å². The van der Waals surface area contributed by atoms with Gasteiger partial charge in [-0.1, -0.05) is 109 Å². The van der Waals surface area contributed by atoms with E-state index in [1.54, 1.807) is 0 Å². The van der Waals surface area contributed by atoms with Crippen LogP contribution in [0.4, 0.5) is 17.1 Å². The molecule has 0 amide bonds. The van der Waals surface area contributed by atoms with Gasteiger partial charge in [-0.2, -0.15) is 0 Å². The lowest BCUT2D eigenvalue weighted by Gasteiger charge is -2.26. The lowest BCUT2D eigenvalue weighted by molar-refractivity contribution is 1.29. The first-order chi connectivity index (χ1) is 24.3. The zero-order valence-corrected chi connectivity index (χ0v) is 28.1. The second kappa shape index (κ2) is 11.5. The van der Waals surface area contributed by atoms with Gasteiger partial charge in [-0.3, -0.25) is 0 Å². The molecule has 0 bridgehead atoms. The zero-order valence-electron chi connectivity index (χ0n) is 26.5. The Labute approximate surface area is 292 Å². The van der Waals surface area contributed by atoms with Crippen molar-refractivity contribution in [3.05, 3.63) is 176 Å². The monoisotopic (exact) mass is 659 g/mol. The third-order valence-electron chi connectivity index (χ3n) is 9.65. The van der Waals surface area contributed by atoms with E-state index < -0.39 is 0 Å². The predicted octanol–water partition coefficient (Wildman–Crippen LogP) is 14.4. The van der Waals surface area contributed by atoms with Crippen molar-refractivity contribution in [3.8, 4) is 22.3 Å². The SMILES string of the molecule is c1ccc(-c2ccc(N(c3ccc(-c4cccc5sc6ccccc6c45)cc3)c3ccc4cc5sc6ccccc6c5cc4c3)cc2)cc1. The van der Waals surface area contributed by atoms with E-state index in [9.17, 15) is 0 Å². The maximum Gasteiger partial charge on any atom is 0.0468 e. The predicted molar refractivity (Wildman–Crippen MR) is 215 cm³/mol. The summed E-state index contributed by atoms with van der Waals surface area (Å²) in [6.07, 6.45) is 0. The summed E-state index contributed by atoms with van der Waals surface area (Å²) in [5, 5.41) is 7.81. The largest absolute Gasteiger partial charge is 0.310 e. The first-order valence-electron chi connectivity index (χ1n) is 16.6. The molecule has 2 aromatic heterocycles. The van der Waals surface area contributed by atoms with Crippen LogP contribution >= 0.6 is 22.7 Å². The highest BCUT2D eigenvalue weighted by Gasteiger charge is 2.16. The fraction of sp³-hybridized carbons (Fsp3) is 0. The number of rotatable bonds is 5. The van der Waals surface area contributed by atoms with Crippen molar-refractivity contribution in [1.82, 2.24) is 0 Å². The van der Waals surface area contributed by atoms with Crippen molar-refractivity contribution in [3.63, 3.8) is 0 Å². The number of hydrogen-bond acceptors (Lipinski definition) is 3. The van der Waals surface area contributed by atoms with E-state index in [2.05, 4.69) is 181 Å². The summed E-state index contributed by atoms with van der Waals surface area (Å²) in [7, 11) is 0. The van der Waals surface area contributed by atoms with Crippen molar-refractivity contribution < 1.29 is 0 Å². The van der Waals surface area contributed by atoms with Gasteiger partial charge < -0.3 is 4.90 Å². The van der Waals surface area contributed by atoms with Gasteiger partial charge >= 0.3 is 0 Å². The molecule has 0 aliphatic heterocycles. The van der Waals surface area contributed by atoms with Crippen molar-refractivity contribution in [2.75, 3.05) is 4.90 Å². The van der Waals surface area contributed by atoms with Gasteiger partial charge in [0.2, 0.25) is 0 Å². The molecule has 0 fully saturated rings. The summed E-state index contributed by atoms with van der Waals surface area (Å²) in [6, 6.07) is 64.4. The van der Waals surface area contributed by atoms with Crippen LogP contribution in [-0.2, 0) is 0 Å². The van der Waals surface area contributed by atoms with Crippen LogP contribution in [0.2, 0.25) is 0 Å². The van der Waals surface area contributed by atoms with Crippen LogP contribution in [0.1, 0.15) is 0 Å². The molecule has 0 aliphatic carbocycles. The van der Waals surface area contributed by atoms with Gasteiger partial charge in [0.25, 0.3) is 0 Å². The Balaban J connectivity index is 1.11. The maximum absolute atomic E-state index is 2.38. The van der Waals surface area contributed by atoms with Crippen LogP contribution in [0.25, 0.3) is 73.4 Å². The van der Waals surface area contributed by atoms with E-state index >= 15 is 0 Å². The fourth-order valence-corrected chi connectivity index (χ4v) is 9.55. The molecule has 230 valence electrons. The summed E-state index contributed by atoms with van der Waals surface area (Å²) < 4.78 is 5.32. The highest BCUT2D eigenvalue weighted by Crippen LogP contribution is 2.43. The van der Waals surface area contributed by atoms with Gasteiger partial charge in [0.15, 0.2) is 0 Å². The number of nitrogens with zero attached hydrogens (tertiary/aromatic N) is 1. The summed E-state index contributed by atoms with van der Waals surface area (Å²) in [5.41, 5.74) is 8.32. The third kappa shape index (κ3) is 4.82. The fourth-order valence-electron chi connectivity index (χ4n) is 7.28. The second-order valence-corrected chi connectivity index (χ2v) is 14.7. The van der Waals surface area contributed by atoms with Crippen LogP contribution in [-0.4, -0.2) is 0 Å². The molecular weight excluding hydrogens is 631 g/mol. The molecule has 0 N–H and O–H groups in total. The van der Waals surface area contributed by atoms with Crippen LogP contribution in [0.5, 0.6) is 0 Å². The molecule has 10 aromatic rings. The number of anilines is 3. The maximum atomic E-state index is 2.38. The lowest BCUT2D eigenvalue weighted by Crippen LogP contribution is -2.09. The number of thiophene rings is 2. The molecule has 49 heavy (non-hydrogen) atoms. The number of fused-ring (bicyclic) bond motifs is 7. The molecule has 10 rings (SSSR count). The van der Waals surface area contributed by atoms with Gasteiger partial charge in [-0.15, -0.1) is 22.7 Å². The normalized spacial score (nSPS) is 11.7. The molecule has 0 saturated heterocycles. The summed E-state index contributed by atoms with van der Waals surface area (Å²) in [4.78, 5) is 2.38. The molecule has 0 spiro atoms. The summed E-state index contributed by atoms with van der Waals surface area (Å²) in [6.45, 7) is 0. The summed E-state index contributed by atoms with van der Waals surface area (Å²) in [5.74, 6) is 0. The van der Waals surface area contributed by atoms with Crippen molar-refractivity contribution in [2.45, 2.75) is 0 Å². The first-order valence-corrected chi connectivity index (χ1v) is 18.2. The Morgan fingerprint density at radius 3 is 1.69 bits per heavy atom. The summed E-state index contributed by atoms with van der Waals surface area (Å²) >= 11 is 3.74. The van der Waals surface area contributed by atoms with Gasteiger partial charge in [-0.25, -0.2) is 0 Å². The Kier molecular flexibility index (Phi) is 6.61. The number of hydrogen-bond donors (Lipinski definition) is 0. The van der Waals surface area contributed by atoms with E-state index in [4.69, 9.17) is 0 Å². The van der Waals surface area contributed by atoms with Gasteiger partial charge in [-0.05, 0) is 99.8 Å². The molecular formula is C46H29NS2. The highest BCUT2D eigenvalue weighted by molar-refractivity contribution is 7.26. The average molecular weight is 660 g/mol. The van der Waals surface area contributed by atoms with Gasteiger partial charge in [0.1, 0.15) is 0 Å². The number of benzene rings is 8. The van der Waals surface area contributed by atoms with Gasteiger partial charge in [0.05, 0.1) is 0 Å². The minimum atomic E-state index is 1.12. The molecule has 1 nitrogen and oxygen atoms in total. The standard InChI is InChI=1S/C46H29NS2/c1-2-9-30(10-3-1)31-17-22-35(23-18-31)47(37-26-21-33-29-45-41(28-34(33)27-37)39-11-4-6-14-42(39)49-45)36-24-19-32(20-25-36)38-13-8-16-44-46(38)40-12-5-7-15-43(40)48-44/h1-29H. The third-order valence-corrected chi connectivity index (χ3v) is 11.9. The molecule has 0 radical (unpaired) electrons. The average Bonchev–Trinajstić information content (AvgIpc) is 3.73. The smallest absolute Gasteiger partial charge is 0.0468 e. The van der Waals surface area contributed by atoms with E-state index in [-0.39, 0.29) is 0 Å². The topological polar surface area (TPSA) is 3.24 Å². The van der Waals surface area contributed by atoms with Crippen LogP contribution in [0.15, 0.2) is 176 Å². The molecule has 0 aliphatic rings. The molecule has 0 saturated carbocycles. The van der Waals surface area contributed by atoms with E-state index in [0.29, 0.717) is 0 Å². The quantitative estimate of drug-likeness (QED) is 0.178. The molecule has 8 aromatic carbocycles. The lowest BCUT2D eigenvalue weighted by atomic mass is 9.99. The van der Waals surface area contributed by atoms with Crippen molar-refractivity contribution in [1.29, 1.82) is 0 Å². The Hall–Kier alpha value is -5.74. The van der Waals surface area contributed by atoms with Crippen LogP contribution in [0.3, 0.4) is 0 Å². The minimum absolute atomic E-state index is 1.12. The molecule has 0 atom stereocenters. The second-order valence-electron chi connectivity index (χ2n) is 12.6. The van der Waals surface area contributed by atoms with E-state index in [0.717, 1.165) is 17.1 Å². The molecule has 2 heterocycles. The van der Waals surface area contributed by atoms with Crippen molar-refractivity contribution >= 4 is 90.9 Å². The highest BCUT2D eigenvalue weighted by atomic mass is 32.1. The molecule has 3 heteroatoms. The molecule has 0 unspecified atom stereocenters. The Morgan fingerprint density at radius 2 is 0.918 bits per heavy atom. The Morgan fingerprint density at radius 1 is 0.327 bits per heavy atom.